The smallest absolute Gasteiger partial charge is 0.290 e. The predicted octanol–water partition coefficient (Wildman–Crippen LogP) is 2.45. The van der Waals surface area contributed by atoms with Gasteiger partial charge in [0.25, 0.3) is 5.91 Å². The Hall–Kier alpha value is -3.15. The predicted molar refractivity (Wildman–Crippen MR) is 92.0 cm³/mol. The molecule has 1 aliphatic rings. The third-order valence-electron chi connectivity index (χ3n) is 4.31. The zero-order chi connectivity index (χ0) is 17.4. The second kappa shape index (κ2) is 6.05. The van der Waals surface area contributed by atoms with E-state index in [0.29, 0.717) is 24.2 Å². The maximum absolute atomic E-state index is 13.0. The van der Waals surface area contributed by atoms with Gasteiger partial charge < -0.3 is 14.6 Å². The Morgan fingerprint density at radius 2 is 2.04 bits per heavy atom. The van der Waals surface area contributed by atoms with Crippen LogP contribution in [0.5, 0.6) is 0 Å². The van der Waals surface area contributed by atoms with Crippen molar-refractivity contribution in [1.29, 1.82) is 0 Å². The summed E-state index contributed by atoms with van der Waals surface area (Å²) in [6.07, 6.45) is 0. The van der Waals surface area contributed by atoms with E-state index in [1.807, 2.05) is 43.3 Å². The fourth-order valence-electron chi connectivity index (χ4n) is 3.13. The number of carbonyl (C=O) groups excluding carboxylic acids is 2. The number of amides is 2. The van der Waals surface area contributed by atoms with E-state index in [-0.39, 0.29) is 17.6 Å². The number of benzene rings is 1. The third kappa shape index (κ3) is 2.76. The second-order valence-corrected chi connectivity index (χ2v) is 6.05. The topological polar surface area (TPSA) is 75.4 Å². The number of pyridine rings is 1. The van der Waals surface area contributed by atoms with Gasteiger partial charge in [0.15, 0.2) is 11.3 Å². The van der Waals surface area contributed by atoms with Crippen molar-refractivity contribution in [1.82, 2.24) is 15.2 Å². The average molecular weight is 335 g/mol. The highest BCUT2D eigenvalue weighted by molar-refractivity contribution is 5.99. The number of piperazine rings is 1. The summed E-state index contributed by atoms with van der Waals surface area (Å²) in [7, 11) is 0. The Bertz CT molecular complexity index is 949. The standard InChI is InChI=1S/C19H17N3O3/c1-12-7-8-15-14(21-12)11-16(25-15)19(24)22-10-9-20-18(23)17(22)13-5-3-2-4-6-13/h2-8,11,17H,9-10H2,1H3,(H,20,23)/t17-/m1/s1. The summed E-state index contributed by atoms with van der Waals surface area (Å²) in [6, 6.07) is 13.9. The quantitative estimate of drug-likeness (QED) is 0.780. The molecule has 0 radical (unpaired) electrons. The Morgan fingerprint density at radius 3 is 2.84 bits per heavy atom. The second-order valence-electron chi connectivity index (χ2n) is 6.05. The van der Waals surface area contributed by atoms with Crippen molar-refractivity contribution in [2.45, 2.75) is 13.0 Å². The molecule has 1 N–H and O–H groups in total. The van der Waals surface area contributed by atoms with Crippen LogP contribution < -0.4 is 5.32 Å². The van der Waals surface area contributed by atoms with Crippen molar-refractivity contribution in [3.8, 4) is 0 Å². The molecule has 1 fully saturated rings. The Balaban J connectivity index is 1.72. The number of aryl methyl sites for hydroxylation is 1. The first-order valence-corrected chi connectivity index (χ1v) is 8.14. The van der Waals surface area contributed by atoms with Gasteiger partial charge in [-0.15, -0.1) is 0 Å². The van der Waals surface area contributed by atoms with Crippen molar-refractivity contribution >= 4 is 22.9 Å². The number of hydrogen-bond donors (Lipinski definition) is 1. The Morgan fingerprint density at radius 1 is 1.24 bits per heavy atom. The molecule has 2 amide bonds. The summed E-state index contributed by atoms with van der Waals surface area (Å²) in [5.41, 5.74) is 2.83. The number of aromatic nitrogens is 1. The van der Waals surface area contributed by atoms with Crippen LogP contribution in [0.3, 0.4) is 0 Å². The van der Waals surface area contributed by atoms with Gasteiger partial charge in [-0.1, -0.05) is 30.3 Å². The van der Waals surface area contributed by atoms with Crippen LogP contribution in [0.15, 0.2) is 52.9 Å². The highest BCUT2D eigenvalue weighted by atomic mass is 16.3. The summed E-state index contributed by atoms with van der Waals surface area (Å²) in [4.78, 5) is 31.3. The molecule has 1 atom stereocenters. The molecule has 126 valence electrons. The van der Waals surface area contributed by atoms with Crippen molar-refractivity contribution in [2.24, 2.45) is 0 Å². The van der Waals surface area contributed by atoms with E-state index in [0.717, 1.165) is 11.3 Å². The van der Waals surface area contributed by atoms with Gasteiger partial charge in [0.2, 0.25) is 5.91 Å². The lowest BCUT2D eigenvalue weighted by molar-refractivity contribution is -0.128. The molecule has 1 aromatic carbocycles. The summed E-state index contributed by atoms with van der Waals surface area (Å²) < 4.78 is 5.67. The molecular weight excluding hydrogens is 318 g/mol. The summed E-state index contributed by atoms with van der Waals surface area (Å²) >= 11 is 0. The van der Waals surface area contributed by atoms with Gasteiger partial charge in [0, 0.05) is 24.8 Å². The number of nitrogens with zero attached hydrogens (tertiary/aromatic N) is 2. The molecule has 6 heteroatoms. The van der Waals surface area contributed by atoms with Gasteiger partial charge in [0.1, 0.15) is 11.6 Å². The van der Waals surface area contributed by atoms with E-state index < -0.39 is 6.04 Å². The van der Waals surface area contributed by atoms with Crippen molar-refractivity contribution in [3.05, 3.63) is 65.5 Å². The highest BCUT2D eigenvalue weighted by Crippen LogP contribution is 2.27. The van der Waals surface area contributed by atoms with E-state index in [1.54, 1.807) is 17.0 Å². The van der Waals surface area contributed by atoms with Crippen molar-refractivity contribution < 1.29 is 14.0 Å². The van der Waals surface area contributed by atoms with Gasteiger partial charge in [-0.2, -0.15) is 0 Å². The van der Waals surface area contributed by atoms with Crippen LogP contribution in [-0.4, -0.2) is 34.8 Å². The molecular formula is C19H17N3O3. The fraction of sp³-hybridized carbons (Fsp3) is 0.211. The van der Waals surface area contributed by atoms with Gasteiger partial charge >= 0.3 is 0 Å². The fourth-order valence-corrected chi connectivity index (χ4v) is 3.13. The van der Waals surface area contributed by atoms with E-state index in [1.165, 1.54) is 0 Å². The lowest BCUT2D eigenvalue weighted by atomic mass is 10.0. The molecule has 6 nitrogen and oxygen atoms in total. The molecule has 3 aromatic rings. The highest BCUT2D eigenvalue weighted by Gasteiger charge is 2.36. The molecule has 1 aliphatic heterocycles. The molecule has 2 aromatic heterocycles. The molecule has 25 heavy (non-hydrogen) atoms. The number of rotatable bonds is 2. The normalized spacial score (nSPS) is 17.6. The van der Waals surface area contributed by atoms with Crippen LogP contribution >= 0.6 is 0 Å². The van der Waals surface area contributed by atoms with Gasteiger partial charge in [-0.3, -0.25) is 9.59 Å². The lowest BCUT2D eigenvalue weighted by Crippen LogP contribution is -2.52. The monoisotopic (exact) mass is 335 g/mol. The van der Waals surface area contributed by atoms with Gasteiger partial charge in [-0.25, -0.2) is 4.98 Å². The van der Waals surface area contributed by atoms with Gasteiger partial charge in [-0.05, 0) is 24.6 Å². The maximum atomic E-state index is 13.0. The van der Waals surface area contributed by atoms with Crippen LogP contribution in [0.4, 0.5) is 0 Å². The number of carbonyl (C=O) groups is 2. The van der Waals surface area contributed by atoms with E-state index in [9.17, 15) is 9.59 Å². The first-order chi connectivity index (χ1) is 12.1. The minimum Gasteiger partial charge on any atom is -0.449 e. The Labute approximate surface area is 144 Å². The van der Waals surface area contributed by atoms with E-state index in [4.69, 9.17) is 4.42 Å². The van der Waals surface area contributed by atoms with Crippen LogP contribution in [-0.2, 0) is 4.79 Å². The summed E-state index contributed by atoms with van der Waals surface area (Å²) in [5, 5.41) is 2.83. The minimum absolute atomic E-state index is 0.184. The number of fused-ring (bicyclic) bond motifs is 1. The molecule has 3 heterocycles. The molecule has 0 bridgehead atoms. The van der Waals surface area contributed by atoms with Crippen LogP contribution in [0.25, 0.3) is 11.1 Å². The maximum Gasteiger partial charge on any atom is 0.290 e. The van der Waals surface area contributed by atoms with Crippen molar-refractivity contribution in [3.63, 3.8) is 0 Å². The molecule has 4 rings (SSSR count). The molecule has 1 saturated heterocycles. The first kappa shape index (κ1) is 15.4. The average Bonchev–Trinajstić information content (AvgIpc) is 3.04. The minimum atomic E-state index is -0.662. The first-order valence-electron chi connectivity index (χ1n) is 8.14. The summed E-state index contributed by atoms with van der Waals surface area (Å²) in [6.45, 7) is 2.73. The zero-order valence-corrected chi connectivity index (χ0v) is 13.7. The molecule has 0 saturated carbocycles. The van der Waals surface area contributed by atoms with Crippen LogP contribution in [0.2, 0.25) is 0 Å². The van der Waals surface area contributed by atoms with E-state index >= 15 is 0 Å². The SMILES string of the molecule is Cc1ccc2oc(C(=O)N3CCNC(=O)[C@H]3c3ccccc3)cc2n1. The Kier molecular flexibility index (Phi) is 3.72. The van der Waals surface area contributed by atoms with Crippen LogP contribution in [0, 0.1) is 6.92 Å². The van der Waals surface area contributed by atoms with E-state index in [2.05, 4.69) is 10.3 Å². The van der Waals surface area contributed by atoms with Crippen molar-refractivity contribution in [2.75, 3.05) is 13.1 Å². The van der Waals surface area contributed by atoms with Gasteiger partial charge in [0.05, 0.1) is 0 Å². The number of furan rings is 1. The number of hydrogen-bond acceptors (Lipinski definition) is 4. The largest absolute Gasteiger partial charge is 0.449 e. The summed E-state index contributed by atoms with van der Waals surface area (Å²) in [5.74, 6) is -0.293. The van der Waals surface area contributed by atoms with Crippen LogP contribution in [0.1, 0.15) is 27.9 Å². The molecule has 0 unspecified atom stereocenters. The molecule has 0 spiro atoms. The molecule has 0 aliphatic carbocycles. The number of nitrogens with one attached hydrogen (secondary N) is 1. The third-order valence-corrected chi connectivity index (χ3v) is 4.31. The zero-order valence-electron chi connectivity index (χ0n) is 13.7. The lowest BCUT2D eigenvalue weighted by Gasteiger charge is -2.34.